The monoisotopic (exact) mass is 397 g/mol. The molecule has 146 valence electrons. The second-order valence-corrected chi connectivity index (χ2v) is 7.84. The number of hydrogen-bond acceptors (Lipinski definition) is 8. The van der Waals surface area contributed by atoms with Crippen molar-refractivity contribution in [3.05, 3.63) is 24.3 Å². The van der Waals surface area contributed by atoms with Crippen molar-refractivity contribution in [2.45, 2.75) is 23.9 Å². The summed E-state index contributed by atoms with van der Waals surface area (Å²) in [6, 6.07) is 8.87. The second kappa shape index (κ2) is 7.48. The van der Waals surface area contributed by atoms with Gasteiger partial charge in [-0.15, -0.1) is 11.8 Å². The van der Waals surface area contributed by atoms with E-state index in [1.165, 1.54) is 18.5 Å². The SMILES string of the molecule is CSc1n[nH]c2nc(Nc3ccc(N4CCOCC4)cc3)nc(NC3CC3)c12. The van der Waals surface area contributed by atoms with Gasteiger partial charge in [0, 0.05) is 30.5 Å². The summed E-state index contributed by atoms with van der Waals surface area (Å²) in [5.41, 5.74) is 2.91. The fourth-order valence-corrected chi connectivity index (χ4v) is 3.87. The van der Waals surface area contributed by atoms with Gasteiger partial charge in [0.25, 0.3) is 0 Å². The number of ether oxygens (including phenoxy) is 1. The zero-order valence-electron chi connectivity index (χ0n) is 15.7. The molecule has 0 atom stereocenters. The Morgan fingerprint density at radius 2 is 1.93 bits per heavy atom. The number of hydrogen-bond donors (Lipinski definition) is 3. The summed E-state index contributed by atoms with van der Waals surface area (Å²) in [5, 5.41) is 16.1. The Labute approximate surface area is 167 Å². The number of nitrogens with one attached hydrogen (secondary N) is 3. The predicted octanol–water partition coefficient (Wildman–Crippen LogP) is 3.23. The average Bonchev–Trinajstić information content (AvgIpc) is 3.45. The smallest absolute Gasteiger partial charge is 0.231 e. The molecule has 3 N–H and O–H groups in total. The van der Waals surface area contributed by atoms with Crippen LogP contribution in [0.4, 0.5) is 23.1 Å². The molecule has 1 aromatic carbocycles. The normalized spacial score (nSPS) is 17.1. The standard InChI is InChI=1S/C19H23N7OS/c1-28-18-15-16(20-12-2-3-12)22-19(23-17(15)24-25-18)21-13-4-6-14(7-5-13)26-8-10-27-11-9-26/h4-7,12H,2-3,8-11H2,1H3,(H3,20,21,22,23,24,25). The van der Waals surface area contributed by atoms with Crippen molar-refractivity contribution < 1.29 is 4.74 Å². The maximum atomic E-state index is 5.43. The first kappa shape index (κ1) is 17.6. The van der Waals surface area contributed by atoms with E-state index in [1.54, 1.807) is 11.8 Å². The van der Waals surface area contributed by atoms with Crippen LogP contribution in [0.15, 0.2) is 29.3 Å². The van der Waals surface area contributed by atoms with Gasteiger partial charge >= 0.3 is 0 Å². The first-order valence-electron chi connectivity index (χ1n) is 9.56. The summed E-state index contributed by atoms with van der Waals surface area (Å²) < 4.78 is 5.43. The van der Waals surface area contributed by atoms with E-state index < -0.39 is 0 Å². The lowest BCUT2D eigenvalue weighted by molar-refractivity contribution is 0.122. The van der Waals surface area contributed by atoms with Crippen LogP contribution in [0.2, 0.25) is 0 Å². The van der Waals surface area contributed by atoms with E-state index in [9.17, 15) is 0 Å². The maximum Gasteiger partial charge on any atom is 0.231 e. The number of aromatic nitrogens is 4. The zero-order chi connectivity index (χ0) is 18.9. The number of fused-ring (bicyclic) bond motifs is 1. The molecule has 0 unspecified atom stereocenters. The Morgan fingerprint density at radius 1 is 1.14 bits per heavy atom. The molecular weight excluding hydrogens is 374 g/mol. The summed E-state index contributed by atoms with van der Waals surface area (Å²) >= 11 is 1.60. The van der Waals surface area contributed by atoms with Crippen molar-refractivity contribution in [3.8, 4) is 0 Å². The summed E-state index contributed by atoms with van der Waals surface area (Å²) in [4.78, 5) is 11.7. The topological polar surface area (TPSA) is 91.0 Å². The van der Waals surface area contributed by atoms with Gasteiger partial charge in [0.2, 0.25) is 5.95 Å². The van der Waals surface area contributed by atoms with E-state index in [-0.39, 0.29) is 0 Å². The van der Waals surface area contributed by atoms with Crippen LogP contribution in [0.5, 0.6) is 0 Å². The minimum absolute atomic E-state index is 0.503. The van der Waals surface area contributed by atoms with Crippen LogP contribution in [-0.4, -0.2) is 58.8 Å². The minimum atomic E-state index is 0.503. The third-order valence-corrected chi connectivity index (χ3v) is 5.68. The van der Waals surface area contributed by atoms with E-state index >= 15 is 0 Å². The molecule has 0 amide bonds. The third-order valence-electron chi connectivity index (χ3n) is 5.00. The predicted molar refractivity (Wildman–Crippen MR) is 113 cm³/mol. The van der Waals surface area contributed by atoms with E-state index in [1.807, 2.05) is 6.26 Å². The number of thioether (sulfide) groups is 1. The van der Waals surface area contributed by atoms with Crippen molar-refractivity contribution >= 4 is 45.9 Å². The van der Waals surface area contributed by atoms with Gasteiger partial charge in [-0.1, -0.05) is 0 Å². The molecule has 3 heterocycles. The van der Waals surface area contributed by atoms with Gasteiger partial charge in [0.15, 0.2) is 5.65 Å². The summed E-state index contributed by atoms with van der Waals surface area (Å²) in [7, 11) is 0. The maximum absolute atomic E-state index is 5.43. The molecule has 0 radical (unpaired) electrons. The summed E-state index contributed by atoms with van der Waals surface area (Å²) in [5.74, 6) is 1.41. The molecule has 5 rings (SSSR count). The molecule has 8 nitrogen and oxygen atoms in total. The van der Waals surface area contributed by atoms with E-state index in [2.05, 4.69) is 55.0 Å². The zero-order valence-corrected chi connectivity index (χ0v) is 16.6. The Morgan fingerprint density at radius 3 is 2.64 bits per heavy atom. The number of benzene rings is 1. The van der Waals surface area contributed by atoms with Crippen molar-refractivity contribution in [2.75, 3.05) is 48.1 Å². The first-order valence-corrected chi connectivity index (χ1v) is 10.8. The van der Waals surface area contributed by atoms with Crippen molar-refractivity contribution in [1.82, 2.24) is 20.2 Å². The lowest BCUT2D eigenvalue weighted by Gasteiger charge is -2.28. The van der Waals surface area contributed by atoms with Crippen LogP contribution < -0.4 is 15.5 Å². The molecule has 0 spiro atoms. The van der Waals surface area contributed by atoms with E-state index in [0.717, 1.165) is 53.9 Å². The molecule has 2 fully saturated rings. The van der Waals surface area contributed by atoms with Gasteiger partial charge in [-0.2, -0.15) is 15.1 Å². The molecule has 2 aromatic heterocycles. The number of H-pyrrole nitrogens is 1. The highest BCUT2D eigenvalue weighted by Crippen LogP contribution is 2.33. The molecule has 28 heavy (non-hydrogen) atoms. The van der Waals surface area contributed by atoms with Crippen LogP contribution in [0.3, 0.4) is 0 Å². The fraction of sp³-hybridized carbons (Fsp3) is 0.421. The molecule has 3 aromatic rings. The Hall–Kier alpha value is -2.52. The molecule has 1 aliphatic heterocycles. The van der Waals surface area contributed by atoms with Crippen LogP contribution >= 0.6 is 11.8 Å². The van der Waals surface area contributed by atoms with Crippen LogP contribution in [-0.2, 0) is 4.74 Å². The lowest BCUT2D eigenvalue weighted by atomic mass is 10.2. The number of aromatic amines is 1. The Bertz CT molecular complexity index is 964. The van der Waals surface area contributed by atoms with Crippen LogP contribution in [0.1, 0.15) is 12.8 Å². The Kier molecular flexibility index (Phi) is 4.69. The number of nitrogens with zero attached hydrogens (tertiary/aromatic N) is 4. The second-order valence-electron chi connectivity index (χ2n) is 7.04. The summed E-state index contributed by atoms with van der Waals surface area (Å²) in [6.07, 6.45) is 4.38. The molecule has 1 saturated carbocycles. The molecule has 0 bridgehead atoms. The summed E-state index contributed by atoms with van der Waals surface area (Å²) in [6.45, 7) is 3.43. The van der Waals surface area contributed by atoms with Gasteiger partial charge in [0.05, 0.1) is 18.6 Å². The van der Waals surface area contributed by atoms with Gasteiger partial charge in [-0.25, -0.2) is 0 Å². The lowest BCUT2D eigenvalue weighted by Crippen LogP contribution is -2.36. The molecular formula is C19H23N7OS. The molecule has 1 saturated heterocycles. The van der Waals surface area contributed by atoms with Gasteiger partial charge in [0.1, 0.15) is 10.8 Å². The highest BCUT2D eigenvalue weighted by atomic mass is 32.2. The first-order chi connectivity index (χ1) is 13.8. The van der Waals surface area contributed by atoms with Crippen molar-refractivity contribution in [1.29, 1.82) is 0 Å². The Balaban J connectivity index is 1.39. The molecule has 1 aliphatic carbocycles. The van der Waals surface area contributed by atoms with E-state index in [0.29, 0.717) is 12.0 Å². The molecule has 2 aliphatic rings. The fourth-order valence-electron chi connectivity index (χ4n) is 3.34. The van der Waals surface area contributed by atoms with Crippen molar-refractivity contribution in [2.24, 2.45) is 0 Å². The highest BCUT2D eigenvalue weighted by molar-refractivity contribution is 7.98. The average molecular weight is 398 g/mol. The van der Waals surface area contributed by atoms with E-state index in [4.69, 9.17) is 9.72 Å². The van der Waals surface area contributed by atoms with Gasteiger partial charge in [-0.05, 0) is 43.4 Å². The van der Waals surface area contributed by atoms with Gasteiger partial charge in [-0.3, -0.25) is 5.10 Å². The third kappa shape index (κ3) is 3.59. The van der Waals surface area contributed by atoms with Crippen LogP contribution in [0, 0.1) is 0 Å². The molecule has 9 heteroatoms. The van der Waals surface area contributed by atoms with Crippen LogP contribution in [0.25, 0.3) is 11.0 Å². The minimum Gasteiger partial charge on any atom is -0.378 e. The van der Waals surface area contributed by atoms with Crippen molar-refractivity contribution in [3.63, 3.8) is 0 Å². The number of rotatable bonds is 6. The van der Waals surface area contributed by atoms with Gasteiger partial charge < -0.3 is 20.3 Å². The quantitative estimate of drug-likeness (QED) is 0.546. The number of morpholine rings is 1. The number of anilines is 4. The highest BCUT2D eigenvalue weighted by Gasteiger charge is 2.24. The largest absolute Gasteiger partial charge is 0.378 e.